The zero-order chi connectivity index (χ0) is 19.5. The fourth-order valence-corrected chi connectivity index (χ4v) is 3.50. The molecule has 1 aromatic carbocycles. The molecule has 0 aliphatic heterocycles. The maximum absolute atomic E-state index is 12.6. The Labute approximate surface area is 151 Å². The SMILES string of the molecule is Cc1cc(C(F)(F)F)nn1CCCNS(=O)(=O)c1ccc(C(C)C)cc1. The van der Waals surface area contributed by atoms with Crippen LogP contribution in [0.4, 0.5) is 13.2 Å². The van der Waals surface area contributed by atoms with Gasteiger partial charge in [-0.2, -0.15) is 18.3 Å². The zero-order valence-electron chi connectivity index (χ0n) is 14.8. The Morgan fingerprint density at radius 1 is 1.19 bits per heavy atom. The summed E-state index contributed by atoms with van der Waals surface area (Å²) in [4.78, 5) is 0.163. The van der Waals surface area contributed by atoms with Crippen molar-refractivity contribution in [3.63, 3.8) is 0 Å². The molecule has 0 bridgehead atoms. The van der Waals surface area contributed by atoms with Crippen LogP contribution in [0.25, 0.3) is 0 Å². The van der Waals surface area contributed by atoms with E-state index in [1.165, 1.54) is 11.6 Å². The van der Waals surface area contributed by atoms with Crippen LogP contribution in [-0.4, -0.2) is 24.7 Å². The van der Waals surface area contributed by atoms with E-state index in [2.05, 4.69) is 9.82 Å². The number of sulfonamides is 1. The van der Waals surface area contributed by atoms with Crippen LogP contribution in [0.15, 0.2) is 35.2 Å². The van der Waals surface area contributed by atoms with Crippen molar-refractivity contribution >= 4 is 10.0 Å². The molecule has 5 nitrogen and oxygen atoms in total. The lowest BCUT2D eigenvalue weighted by molar-refractivity contribution is -0.141. The van der Waals surface area contributed by atoms with Crippen molar-refractivity contribution in [3.05, 3.63) is 47.3 Å². The number of aryl methyl sites for hydroxylation is 2. The summed E-state index contributed by atoms with van der Waals surface area (Å²) in [5.74, 6) is 0.304. The van der Waals surface area contributed by atoms with Gasteiger partial charge in [0, 0.05) is 18.8 Å². The van der Waals surface area contributed by atoms with E-state index in [-0.39, 0.29) is 18.0 Å². The highest BCUT2D eigenvalue weighted by Crippen LogP contribution is 2.28. The molecule has 0 aliphatic rings. The highest BCUT2D eigenvalue weighted by molar-refractivity contribution is 7.89. The van der Waals surface area contributed by atoms with Gasteiger partial charge in [0.25, 0.3) is 0 Å². The van der Waals surface area contributed by atoms with E-state index in [9.17, 15) is 21.6 Å². The number of nitrogens with zero attached hydrogens (tertiary/aromatic N) is 2. The molecular weight excluding hydrogens is 367 g/mol. The standard InChI is InChI=1S/C17H22F3N3O2S/c1-12(2)14-5-7-15(8-6-14)26(24,25)21-9-4-10-23-13(3)11-16(22-23)17(18,19)20/h5-8,11-12,21H,4,9-10H2,1-3H3. The molecule has 0 aliphatic carbocycles. The van der Waals surface area contributed by atoms with Crippen LogP contribution < -0.4 is 4.72 Å². The molecule has 0 fully saturated rings. The van der Waals surface area contributed by atoms with Crippen LogP contribution in [0, 0.1) is 6.92 Å². The molecule has 1 aromatic heterocycles. The molecule has 0 radical (unpaired) electrons. The van der Waals surface area contributed by atoms with Crippen LogP contribution in [-0.2, 0) is 22.7 Å². The highest BCUT2D eigenvalue weighted by Gasteiger charge is 2.34. The van der Waals surface area contributed by atoms with Crippen molar-refractivity contribution in [3.8, 4) is 0 Å². The minimum absolute atomic E-state index is 0.106. The normalized spacial score (nSPS) is 12.7. The first-order valence-electron chi connectivity index (χ1n) is 8.22. The molecule has 0 spiro atoms. The predicted octanol–water partition coefficient (Wildman–Crippen LogP) is 3.70. The molecule has 1 heterocycles. The van der Waals surface area contributed by atoms with Crippen molar-refractivity contribution in [2.45, 2.75) is 50.7 Å². The van der Waals surface area contributed by atoms with Crippen LogP contribution >= 0.6 is 0 Å². The van der Waals surface area contributed by atoms with E-state index >= 15 is 0 Å². The minimum atomic E-state index is -4.49. The summed E-state index contributed by atoms with van der Waals surface area (Å²) >= 11 is 0. The van der Waals surface area contributed by atoms with Gasteiger partial charge >= 0.3 is 6.18 Å². The summed E-state index contributed by atoms with van der Waals surface area (Å²) in [6.07, 6.45) is -4.16. The van der Waals surface area contributed by atoms with Crippen LogP contribution in [0.2, 0.25) is 0 Å². The van der Waals surface area contributed by atoms with Gasteiger partial charge < -0.3 is 0 Å². The molecule has 0 unspecified atom stereocenters. The summed E-state index contributed by atoms with van der Waals surface area (Å²) in [6.45, 7) is 5.86. The number of hydrogen-bond donors (Lipinski definition) is 1. The quantitative estimate of drug-likeness (QED) is 0.735. The van der Waals surface area contributed by atoms with E-state index in [1.54, 1.807) is 24.3 Å². The number of benzene rings is 1. The van der Waals surface area contributed by atoms with Gasteiger partial charge in [0.15, 0.2) is 5.69 Å². The molecule has 0 saturated heterocycles. The second-order valence-electron chi connectivity index (χ2n) is 6.37. The lowest BCUT2D eigenvalue weighted by Gasteiger charge is -2.10. The summed E-state index contributed by atoms with van der Waals surface area (Å²) in [5, 5.41) is 3.51. The van der Waals surface area contributed by atoms with Gasteiger partial charge in [-0.25, -0.2) is 13.1 Å². The maximum atomic E-state index is 12.6. The second kappa shape index (κ2) is 7.79. The van der Waals surface area contributed by atoms with E-state index < -0.39 is 21.9 Å². The smallest absolute Gasteiger partial charge is 0.269 e. The molecule has 26 heavy (non-hydrogen) atoms. The number of nitrogens with one attached hydrogen (secondary N) is 1. The highest BCUT2D eigenvalue weighted by atomic mass is 32.2. The maximum Gasteiger partial charge on any atom is 0.435 e. The van der Waals surface area contributed by atoms with Crippen LogP contribution in [0.1, 0.15) is 43.1 Å². The predicted molar refractivity (Wildman–Crippen MR) is 92.3 cm³/mol. The first-order valence-corrected chi connectivity index (χ1v) is 9.70. The summed E-state index contributed by atoms with van der Waals surface area (Å²) in [6, 6.07) is 7.60. The van der Waals surface area contributed by atoms with Gasteiger partial charge in [0.05, 0.1) is 4.90 Å². The Morgan fingerprint density at radius 3 is 2.31 bits per heavy atom. The lowest BCUT2D eigenvalue weighted by Crippen LogP contribution is -2.25. The Bertz CT molecular complexity index is 841. The summed E-state index contributed by atoms with van der Waals surface area (Å²) in [7, 11) is -3.64. The van der Waals surface area contributed by atoms with Crippen molar-refractivity contribution in [1.82, 2.24) is 14.5 Å². The third kappa shape index (κ3) is 5.07. The molecule has 144 valence electrons. The lowest BCUT2D eigenvalue weighted by atomic mass is 10.0. The molecule has 1 N–H and O–H groups in total. The van der Waals surface area contributed by atoms with Gasteiger partial charge in [0.1, 0.15) is 0 Å². The van der Waals surface area contributed by atoms with E-state index in [0.29, 0.717) is 18.0 Å². The summed E-state index contributed by atoms with van der Waals surface area (Å²) < 4.78 is 66.1. The van der Waals surface area contributed by atoms with Crippen LogP contribution in [0.5, 0.6) is 0 Å². The topological polar surface area (TPSA) is 64.0 Å². The number of rotatable bonds is 7. The van der Waals surface area contributed by atoms with Crippen LogP contribution in [0.3, 0.4) is 0 Å². The molecule has 0 amide bonds. The summed E-state index contributed by atoms with van der Waals surface area (Å²) in [5.41, 5.74) is 0.476. The first kappa shape index (κ1) is 20.4. The van der Waals surface area contributed by atoms with Gasteiger partial charge in [-0.1, -0.05) is 26.0 Å². The Hall–Kier alpha value is -1.87. The number of alkyl halides is 3. The molecular formula is C17H22F3N3O2S. The fraction of sp³-hybridized carbons (Fsp3) is 0.471. The number of aromatic nitrogens is 2. The monoisotopic (exact) mass is 389 g/mol. The third-order valence-electron chi connectivity index (χ3n) is 3.97. The van der Waals surface area contributed by atoms with Crippen molar-refractivity contribution in [2.24, 2.45) is 0 Å². The van der Waals surface area contributed by atoms with Gasteiger partial charge in [-0.3, -0.25) is 4.68 Å². The number of halogens is 3. The molecule has 9 heteroatoms. The largest absolute Gasteiger partial charge is 0.435 e. The molecule has 2 rings (SSSR count). The van der Waals surface area contributed by atoms with Gasteiger partial charge in [-0.15, -0.1) is 0 Å². The minimum Gasteiger partial charge on any atom is -0.269 e. The molecule has 0 saturated carbocycles. The average molecular weight is 389 g/mol. The van der Waals surface area contributed by atoms with E-state index in [0.717, 1.165) is 11.6 Å². The van der Waals surface area contributed by atoms with Crippen molar-refractivity contribution in [2.75, 3.05) is 6.54 Å². The molecule has 2 aromatic rings. The Kier molecular flexibility index (Phi) is 6.13. The average Bonchev–Trinajstić information content (AvgIpc) is 2.93. The Balaban J connectivity index is 1.92. The Morgan fingerprint density at radius 2 is 1.81 bits per heavy atom. The number of hydrogen-bond acceptors (Lipinski definition) is 3. The van der Waals surface area contributed by atoms with Gasteiger partial charge in [0.2, 0.25) is 10.0 Å². The zero-order valence-corrected chi connectivity index (χ0v) is 15.7. The fourth-order valence-electron chi connectivity index (χ4n) is 2.43. The third-order valence-corrected chi connectivity index (χ3v) is 5.44. The van der Waals surface area contributed by atoms with Gasteiger partial charge in [-0.05, 0) is 43.0 Å². The van der Waals surface area contributed by atoms with E-state index in [4.69, 9.17) is 0 Å². The first-order chi connectivity index (χ1) is 12.0. The van der Waals surface area contributed by atoms with Crippen molar-refractivity contribution in [1.29, 1.82) is 0 Å². The van der Waals surface area contributed by atoms with E-state index in [1.807, 2.05) is 13.8 Å². The van der Waals surface area contributed by atoms with Crippen molar-refractivity contribution < 1.29 is 21.6 Å². The second-order valence-corrected chi connectivity index (χ2v) is 8.13. The molecule has 0 atom stereocenters.